The van der Waals surface area contributed by atoms with Crippen LogP contribution in [-0.4, -0.2) is 12.1 Å². The quantitative estimate of drug-likeness (QED) is 0.486. The van der Waals surface area contributed by atoms with Gasteiger partial charge in [0.1, 0.15) is 0 Å². The lowest BCUT2D eigenvalue weighted by atomic mass is 9.77. The molecule has 4 atom stereocenters. The lowest BCUT2D eigenvalue weighted by molar-refractivity contribution is 0.343. The number of azo groups is 1. The van der Waals surface area contributed by atoms with E-state index in [-0.39, 0.29) is 5.41 Å². The van der Waals surface area contributed by atoms with E-state index >= 15 is 0 Å². The molecule has 3 aliphatic rings. The maximum Gasteiger partial charge on any atom is 0.0955 e. The maximum absolute atomic E-state index is 4.27. The highest BCUT2D eigenvalue weighted by Gasteiger charge is 2.53. The van der Waals surface area contributed by atoms with Gasteiger partial charge < -0.3 is 0 Å². The fourth-order valence-electron chi connectivity index (χ4n) is 2.74. The molecule has 0 bridgehead atoms. The van der Waals surface area contributed by atoms with Gasteiger partial charge in [-0.2, -0.15) is 10.2 Å². The highest BCUT2D eigenvalue weighted by Crippen LogP contribution is 2.54. The minimum absolute atomic E-state index is 0.263. The van der Waals surface area contributed by atoms with Gasteiger partial charge in [0, 0.05) is 11.3 Å². The first-order valence-electron chi connectivity index (χ1n) is 4.50. The van der Waals surface area contributed by atoms with Gasteiger partial charge in [0.25, 0.3) is 0 Å². The molecule has 1 heterocycles. The van der Waals surface area contributed by atoms with Gasteiger partial charge in [-0.1, -0.05) is 30.7 Å². The minimum atomic E-state index is 0.263. The van der Waals surface area contributed by atoms with Gasteiger partial charge in [-0.25, -0.2) is 0 Å². The van der Waals surface area contributed by atoms with Gasteiger partial charge in [-0.3, -0.25) is 0 Å². The number of hydrogen-bond acceptors (Lipinski definition) is 2. The third-order valence-electron chi connectivity index (χ3n) is 3.67. The van der Waals surface area contributed by atoms with Crippen molar-refractivity contribution in [1.82, 2.24) is 0 Å². The van der Waals surface area contributed by atoms with Gasteiger partial charge in [0.2, 0.25) is 0 Å². The summed E-state index contributed by atoms with van der Waals surface area (Å²) in [5.74, 6) is 0.609. The molecule has 2 heteroatoms. The maximum atomic E-state index is 4.27. The largest absolute Gasteiger partial charge is 0.186 e. The lowest BCUT2D eigenvalue weighted by Gasteiger charge is -2.26. The fourth-order valence-corrected chi connectivity index (χ4v) is 2.74. The van der Waals surface area contributed by atoms with Crippen molar-refractivity contribution in [2.75, 3.05) is 0 Å². The summed E-state index contributed by atoms with van der Waals surface area (Å²) in [5.41, 5.74) is 1.73. The van der Waals surface area contributed by atoms with Crippen LogP contribution >= 0.6 is 0 Å². The first-order chi connectivity index (χ1) is 5.72. The Morgan fingerprint density at radius 1 is 1.33 bits per heavy atom. The zero-order valence-corrected chi connectivity index (χ0v) is 7.36. The van der Waals surface area contributed by atoms with Crippen LogP contribution in [0.15, 0.2) is 34.0 Å². The Balaban J connectivity index is 2.19. The summed E-state index contributed by atoms with van der Waals surface area (Å²) in [4.78, 5) is 0. The average molecular weight is 160 g/mol. The molecule has 0 spiro atoms. The second kappa shape index (κ2) is 1.70. The van der Waals surface area contributed by atoms with Crippen LogP contribution < -0.4 is 0 Å². The van der Waals surface area contributed by atoms with Crippen molar-refractivity contribution in [2.45, 2.75) is 25.9 Å². The first kappa shape index (κ1) is 6.58. The molecule has 0 amide bonds. The molecule has 0 aromatic rings. The molecule has 0 saturated heterocycles. The van der Waals surface area contributed by atoms with E-state index in [0.29, 0.717) is 18.0 Å². The van der Waals surface area contributed by atoms with Crippen molar-refractivity contribution in [3.05, 3.63) is 23.8 Å². The molecule has 12 heavy (non-hydrogen) atoms. The molecule has 0 N–H and O–H groups in total. The monoisotopic (exact) mass is 160 g/mol. The highest BCUT2D eigenvalue weighted by atomic mass is 15.2. The Morgan fingerprint density at radius 2 is 2.08 bits per heavy atom. The molecule has 2 nitrogen and oxygen atoms in total. The fraction of sp³-hybridized carbons (Fsp3) is 0.600. The molecule has 62 valence electrons. The van der Waals surface area contributed by atoms with E-state index in [0.717, 1.165) is 0 Å². The van der Waals surface area contributed by atoms with Gasteiger partial charge in [0.05, 0.1) is 12.1 Å². The molecule has 0 radical (unpaired) electrons. The van der Waals surface area contributed by atoms with Crippen LogP contribution in [0.4, 0.5) is 0 Å². The topological polar surface area (TPSA) is 24.7 Å². The van der Waals surface area contributed by atoms with Crippen LogP contribution in [0, 0.1) is 11.3 Å². The van der Waals surface area contributed by atoms with Crippen molar-refractivity contribution in [3.63, 3.8) is 0 Å². The van der Waals surface area contributed by atoms with Crippen LogP contribution in [-0.2, 0) is 0 Å². The molecule has 0 fully saturated rings. The summed E-state index contributed by atoms with van der Waals surface area (Å²) in [6, 6.07) is 0.740. The zero-order valence-electron chi connectivity index (χ0n) is 7.36. The lowest BCUT2D eigenvalue weighted by Crippen LogP contribution is -2.27. The van der Waals surface area contributed by atoms with Gasteiger partial charge in [-0.15, -0.1) is 0 Å². The molecular formula is C10H12N2. The van der Waals surface area contributed by atoms with E-state index < -0.39 is 0 Å². The normalized spacial score (nSPS) is 53.2. The number of nitrogens with zero attached hydrogens (tertiary/aromatic N) is 2. The summed E-state index contributed by atoms with van der Waals surface area (Å²) in [5, 5.41) is 8.53. The Labute approximate surface area is 72.1 Å². The Hall–Kier alpha value is -0.920. The summed E-state index contributed by atoms with van der Waals surface area (Å²) < 4.78 is 0. The van der Waals surface area contributed by atoms with E-state index in [1.807, 2.05) is 0 Å². The van der Waals surface area contributed by atoms with Crippen molar-refractivity contribution >= 4 is 0 Å². The number of rotatable bonds is 0. The standard InChI is InChI=1S/C10H12N2/c1-6-5-8-9-7(11-12-8)3-4-10(6,9)2/h3-5,7-9H,1-2H3/t7-,8+,9+,10-/m1/s1. The molecular weight excluding hydrogens is 148 g/mol. The summed E-state index contributed by atoms with van der Waals surface area (Å²) in [6.07, 6.45) is 6.80. The van der Waals surface area contributed by atoms with Crippen LogP contribution in [0.5, 0.6) is 0 Å². The molecule has 2 aliphatic carbocycles. The number of allylic oxidation sites excluding steroid dienone is 2. The van der Waals surface area contributed by atoms with E-state index in [1.54, 1.807) is 0 Å². The molecule has 0 aromatic heterocycles. The Kier molecular flexibility index (Phi) is 0.935. The Morgan fingerprint density at radius 3 is 2.92 bits per heavy atom. The predicted octanol–water partition coefficient (Wildman–Crippen LogP) is 2.34. The molecule has 0 aromatic carbocycles. The summed E-state index contributed by atoms with van der Waals surface area (Å²) in [6.45, 7) is 4.51. The van der Waals surface area contributed by atoms with E-state index in [9.17, 15) is 0 Å². The summed E-state index contributed by atoms with van der Waals surface area (Å²) >= 11 is 0. The molecule has 1 aliphatic heterocycles. The third-order valence-corrected chi connectivity index (χ3v) is 3.67. The average Bonchev–Trinajstić information content (AvgIpc) is 2.60. The van der Waals surface area contributed by atoms with Crippen molar-refractivity contribution in [3.8, 4) is 0 Å². The van der Waals surface area contributed by atoms with Gasteiger partial charge in [0.15, 0.2) is 0 Å². The molecule has 0 saturated carbocycles. The third kappa shape index (κ3) is 0.510. The van der Waals surface area contributed by atoms with Gasteiger partial charge >= 0.3 is 0 Å². The van der Waals surface area contributed by atoms with E-state index in [1.165, 1.54) is 5.57 Å². The molecule has 0 unspecified atom stereocenters. The van der Waals surface area contributed by atoms with Gasteiger partial charge in [-0.05, 0) is 6.92 Å². The summed E-state index contributed by atoms with van der Waals surface area (Å²) in [7, 11) is 0. The first-order valence-corrected chi connectivity index (χ1v) is 4.50. The van der Waals surface area contributed by atoms with Crippen molar-refractivity contribution in [2.24, 2.45) is 21.6 Å². The van der Waals surface area contributed by atoms with Crippen LogP contribution in [0.3, 0.4) is 0 Å². The van der Waals surface area contributed by atoms with E-state index in [2.05, 4.69) is 42.3 Å². The van der Waals surface area contributed by atoms with E-state index in [4.69, 9.17) is 0 Å². The van der Waals surface area contributed by atoms with Crippen LogP contribution in [0.1, 0.15) is 13.8 Å². The SMILES string of the molecule is CC1=C[C@@H]2N=N[C@@H]3C=C[C@@]1(C)[C@H]23. The minimum Gasteiger partial charge on any atom is -0.186 e. The number of hydrogen-bond donors (Lipinski definition) is 0. The predicted molar refractivity (Wildman–Crippen MR) is 46.9 cm³/mol. The van der Waals surface area contributed by atoms with Crippen LogP contribution in [0.2, 0.25) is 0 Å². The van der Waals surface area contributed by atoms with Crippen molar-refractivity contribution in [1.29, 1.82) is 0 Å². The second-order valence-corrected chi connectivity index (χ2v) is 4.23. The van der Waals surface area contributed by atoms with Crippen LogP contribution in [0.25, 0.3) is 0 Å². The molecule has 3 rings (SSSR count). The smallest absolute Gasteiger partial charge is 0.0955 e. The second-order valence-electron chi connectivity index (χ2n) is 4.23. The Bertz CT molecular complexity index is 327. The van der Waals surface area contributed by atoms with Crippen molar-refractivity contribution < 1.29 is 0 Å². The zero-order chi connectivity index (χ0) is 8.34. The highest BCUT2D eigenvalue weighted by molar-refractivity contribution is 5.39.